The van der Waals surface area contributed by atoms with Crippen LogP contribution in [0.2, 0.25) is 5.02 Å². The molecule has 100 valence electrons. The molecule has 0 aromatic heterocycles. The second kappa shape index (κ2) is 5.91. The fourth-order valence-corrected chi connectivity index (χ4v) is 2.35. The smallest absolute Gasteiger partial charge is 0.134 e. The van der Waals surface area contributed by atoms with Crippen molar-refractivity contribution in [3.63, 3.8) is 0 Å². The number of ether oxygens (including phenoxy) is 1. The van der Waals surface area contributed by atoms with Gasteiger partial charge in [-0.15, -0.1) is 0 Å². The number of phenolic OH excluding ortho intramolecular Hbond substituents is 1. The zero-order valence-electron chi connectivity index (χ0n) is 10.7. The predicted molar refractivity (Wildman–Crippen MR) is 73.0 cm³/mol. The minimum atomic E-state index is 0.138. The van der Waals surface area contributed by atoms with Crippen molar-refractivity contribution in [1.82, 2.24) is 5.32 Å². The Balaban J connectivity index is 1.76. The minimum Gasteiger partial charge on any atom is -0.506 e. The Morgan fingerprint density at radius 3 is 2.83 bits per heavy atom. The van der Waals surface area contributed by atoms with Gasteiger partial charge in [-0.2, -0.15) is 0 Å². The number of rotatable bonds is 7. The highest BCUT2D eigenvalue weighted by Gasteiger charge is 2.41. The molecule has 0 atom stereocenters. The van der Waals surface area contributed by atoms with Crippen LogP contribution in [0.5, 0.6) is 5.75 Å². The molecule has 4 heteroatoms. The number of hydrogen-bond donors (Lipinski definition) is 2. The minimum absolute atomic E-state index is 0.138. The number of hydrogen-bond acceptors (Lipinski definition) is 3. The summed E-state index contributed by atoms with van der Waals surface area (Å²) in [4.78, 5) is 0. The van der Waals surface area contributed by atoms with Gasteiger partial charge in [0.05, 0.1) is 5.02 Å². The Bertz CT molecular complexity index is 405. The van der Waals surface area contributed by atoms with Crippen molar-refractivity contribution in [2.24, 2.45) is 5.41 Å². The fourth-order valence-electron chi connectivity index (χ4n) is 2.14. The van der Waals surface area contributed by atoms with Crippen molar-refractivity contribution < 1.29 is 9.84 Å². The van der Waals surface area contributed by atoms with Crippen LogP contribution in [0.3, 0.4) is 0 Å². The number of phenols is 1. The molecule has 1 aromatic carbocycles. The second-order valence-corrected chi connectivity index (χ2v) is 5.54. The van der Waals surface area contributed by atoms with Gasteiger partial charge < -0.3 is 15.2 Å². The van der Waals surface area contributed by atoms with Crippen molar-refractivity contribution in [1.29, 1.82) is 0 Å². The lowest BCUT2D eigenvalue weighted by Crippen LogP contribution is -2.24. The van der Waals surface area contributed by atoms with E-state index in [0.29, 0.717) is 10.4 Å². The highest BCUT2D eigenvalue weighted by Crippen LogP contribution is 2.48. The van der Waals surface area contributed by atoms with Crippen LogP contribution < -0.4 is 5.32 Å². The average molecular weight is 270 g/mol. The molecule has 1 aliphatic carbocycles. The van der Waals surface area contributed by atoms with Crippen molar-refractivity contribution in [2.75, 3.05) is 20.3 Å². The molecule has 1 aliphatic rings. The Kier molecular flexibility index (Phi) is 4.49. The van der Waals surface area contributed by atoms with Gasteiger partial charge in [0.2, 0.25) is 0 Å². The molecule has 0 spiro atoms. The summed E-state index contributed by atoms with van der Waals surface area (Å²) in [5.74, 6) is 0.138. The molecule has 0 bridgehead atoms. The first kappa shape index (κ1) is 13.7. The molecule has 1 saturated carbocycles. The predicted octanol–water partition coefficient (Wildman–Crippen LogP) is 2.95. The lowest BCUT2D eigenvalue weighted by molar-refractivity contribution is 0.171. The van der Waals surface area contributed by atoms with Crippen LogP contribution in [0, 0.1) is 5.41 Å². The summed E-state index contributed by atoms with van der Waals surface area (Å²) >= 11 is 5.87. The maximum Gasteiger partial charge on any atom is 0.134 e. The number of nitrogens with one attached hydrogen (secondary N) is 1. The van der Waals surface area contributed by atoms with Gasteiger partial charge in [0.25, 0.3) is 0 Å². The van der Waals surface area contributed by atoms with Crippen LogP contribution >= 0.6 is 11.6 Å². The van der Waals surface area contributed by atoms with E-state index in [1.54, 1.807) is 19.2 Å². The zero-order valence-corrected chi connectivity index (χ0v) is 11.5. The summed E-state index contributed by atoms with van der Waals surface area (Å²) in [6.45, 7) is 2.65. The molecule has 0 aliphatic heterocycles. The molecule has 18 heavy (non-hydrogen) atoms. The second-order valence-electron chi connectivity index (χ2n) is 5.13. The average Bonchev–Trinajstić information content (AvgIpc) is 3.12. The van der Waals surface area contributed by atoms with Gasteiger partial charge in [0, 0.05) is 26.8 Å². The van der Waals surface area contributed by atoms with Crippen molar-refractivity contribution >= 4 is 11.6 Å². The molecule has 0 unspecified atom stereocenters. The molecule has 2 rings (SSSR count). The summed E-state index contributed by atoms with van der Waals surface area (Å²) in [5.41, 5.74) is 1.55. The molecule has 1 fully saturated rings. The van der Waals surface area contributed by atoms with E-state index in [1.165, 1.54) is 12.8 Å². The zero-order chi connectivity index (χ0) is 13.0. The maximum atomic E-state index is 9.34. The van der Waals surface area contributed by atoms with E-state index in [4.69, 9.17) is 16.3 Å². The molecular weight excluding hydrogens is 250 g/mol. The molecule has 3 nitrogen and oxygen atoms in total. The van der Waals surface area contributed by atoms with Gasteiger partial charge in [-0.3, -0.25) is 0 Å². The monoisotopic (exact) mass is 269 g/mol. The van der Waals surface area contributed by atoms with Crippen LogP contribution in [0.1, 0.15) is 24.8 Å². The van der Waals surface area contributed by atoms with E-state index in [-0.39, 0.29) is 5.75 Å². The van der Waals surface area contributed by atoms with Crippen molar-refractivity contribution in [3.05, 3.63) is 28.8 Å². The highest BCUT2D eigenvalue weighted by atomic mass is 35.5. The van der Waals surface area contributed by atoms with Crippen LogP contribution in [0.15, 0.2) is 18.2 Å². The van der Waals surface area contributed by atoms with Gasteiger partial charge in [0.15, 0.2) is 0 Å². The molecule has 0 saturated heterocycles. The molecule has 2 N–H and O–H groups in total. The fraction of sp³-hybridized carbons (Fsp3) is 0.571. The van der Waals surface area contributed by atoms with Crippen LogP contribution in [0.25, 0.3) is 0 Å². The molecule has 0 heterocycles. The summed E-state index contributed by atoms with van der Waals surface area (Å²) in [6, 6.07) is 5.33. The largest absolute Gasteiger partial charge is 0.506 e. The first-order valence-corrected chi connectivity index (χ1v) is 6.70. The molecule has 1 aromatic rings. The summed E-state index contributed by atoms with van der Waals surface area (Å²) in [6.07, 6.45) is 3.71. The Morgan fingerprint density at radius 2 is 2.22 bits per heavy atom. The normalized spacial score (nSPS) is 16.8. The Hall–Kier alpha value is -0.770. The number of halogens is 1. The van der Waals surface area contributed by atoms with Crippen LogP contribution in [-0.2, 0) is 11.3 Å². The third-order valence-corrected chi connectivity index (χ3v) is 3.94. The van der Waals surface area contributed by atoms with E-state index in [1.807, 2.05) is 6.07 Å². The summed E-state index contributed by atoms with van der Waals surface area (Å²) in [5, 5.41) is 13.2. The molecular formula is C14H20ClNO2. The van der Waals surface area contributed by atoms with Crippen molar-refractivity contribution in [3.8, 4) is 5.75 Å². The third-order valence-electron chi connectivity index (χ3n) is 3.63. The summed E-state index contributed by atoms with van der Waals surface area (Å²) < 4.78 is 5.14. The maximum absolute atomic E-state index is 9.34. The van der Waals surface area contributed by atoms with Gasteiger partial charge in [-0.25, -0.2) is 0 Å². The number of aromatic hydroxyl groups is 1. The van der Waals surface area contributed by atoms with Crippen LogP contribution in [-0.4, -0.2) is 25.4 Å². The number of benzene rings is 1. The van der Waals surface area contributed by atoms with E-state index in [2.05, 4.69) is 5.32 Å². The van der Waals surface area contributed by atoms with Gasteiger partial charge in [0.1, 0.15) is 5.75 Å². The van der Waals surface area contributed by atoms with Gasteiger partial charge in [-0.1, -0.05) is 17.7 Å². The SMILES string of the molecule is COCCC1(CNCc2ccc(O)c(Cl)c2)CC1. The van der Waals surface area contributed by atoms with Gasteiger partial charge >= 0.3 is 0 Å². The lowest BCUT2D eigenvalue weighted by Gasteiger charge is -2.15. The molecule has 0 radical (unpaired) electrons. The molecule has 0 amide bonds. The highest BCUT2D eigenvalue weighted by molar-refractivity contribution is 6.32. The quantitative estimate of drug-likeness (QED) is 0.800. The number of methoxy groups -OCH3 is 1. The van der Waals surface area contributed by atoms with Crippen molar-refractivity contribution in [2.45, 2.75) is 25.8 Å². The van der Waals surface area contributed by atoms with E-state index < -0.39 is 0 Å². The lowest BCUT2D eigenvalue weighted by atomic mass is 10.0. The first-order chi connectivity index (χ1) is 8.65. The third kappa shape index (κ3) is 3.61. The Morgan fingerprint density at radius 1 is 1.44 bits per heavy atom. The van der Waals surface area contributed by atoms with E-state index in [9.17, 15) is 5.11 Å². The standard InChI is InChI=1S/C14H20ClNO2/c1-18-7-6-14(4-5-14)10-16-9-11-2-3-13(17)12(15)8-11/h2-3,8,16-17H,4-7,9-10H2,1H3. The van der Waals surface area contributed by atoms with Gasteiger partial charge in [-0.05, 0) is 42.4 Å². The van der Waals surface area contributed by atoms with Crippen LogP contribution in [0.4, 0.5) is 0 Å². The summed E-state index contributed by atoms with van der Waals surface area (Å²) in [7, 11) is 1.75. The Labute approximate surface area is 113 Å². The topological polar surface area (TPSA) is 41.5 Å². The van der Waals surface area contributed by atoms with E-state index >= 15 is 0 Å². The van der Waals surface area contributed by atoms with E-state index in [0.717, 1.165) is 31.7 Å². The first-order valence-electron chi connectivity index (χ1n) is 6.32.